The first-order valence-corrected chi connectivity index (χ1v) is 7.55. The van der Waals surface area contributed by atoms with E-state index in [9.17, 15) is 0 Å². The fourth-order valence-electron chi connectivity index (χ4n) is 2.50. The molecule has 0 spiro atoms. The van der Waals surface area contributed by atoms with E-state index in [1.165, 1.54) is 18.4 Å². The van der Waals surface area contributed by atoms with Crippen molar-refractivity contribution in [1.82, 2.24) is 9.78 Å². The molecule has 1 aromatic carbocycles. The van der Waals surface area contributed by atoms with Crippen molar-refractivity contribution in [2.45, 2.75) is 39.7 Å². The predicted molar refractivity (Wildman–Crippen MR) is 86.9 cm³/mol. The maximum atomic E-state index is 5.41. The Kier molecular flexibility index (Phi) is 5.26. The molecule has 1 heterocycles. The molecular weight excluding hydrogens is 262 g/mol. The molecule has 114 valence electrons. The van der Waals surface area contributed by atoms with Crippen LogP contribution in [0.4, 0.5) is 5.69 Å². The van der Waals surface area contributed by atoms with E-state index in [-0.39, 0.29) is 0 Å². The summed E-state index contributed by atoms with van der Waals surface area (Å²) in [6.07, 6.45) is 3.64. The molecule has 1 aromatic heterocycles. The Morgan fingerprint density at radius 1 is 1.24 bits per heavy atom. The summed E-state index contributed by atoms with van der Waals surface area (Å²) in [6, 6.07) is 8.68. The second-order valence-corrected chi connectivity index (χ2v) is 5.35. The van der Waals surface area contributed by atoms with Gasteiger partial charge in [0.15, 0.2) is 0 Å². The Labute approximate surface area is 127 Å². The number of aryl methyl sites for hydroxylation is 3. The zero-order valence-corrected chi connectivity index (χ0v) is 13.4. The molecule has 0 radical (unpaired) electrons. The van der Waals surface area contributed by atoms with E-state index >= 15 is 0 Å². The van der Waals surface area contributed by atoms with E-state index in [1.807, 2.05) is 14.0 Å². The molecule has 0 bridgehead atoms. The van der Waals surface area contributed by atoms with Crippen LogP contribution in [0.2, 0.25) is 0 Å². The first-order chi connectivity index (χ1) is 10.2. The highest BCUT2D eigenvalue weighted by atomic mass is 16.5. The van der Waals surface area contributed by atoms with Crippen LogP contribution in [0.3, 0.4) is 0 Å². The molecular formula is C17H25N3O. The molecule has 0 unspecified atom stereocenters. The summed E-state index contributed by atoms with van der Waals surface area (Å²) in [4.78, 5) is 0. The summed E-state index contributed by atoms with van der Waals surface area (Å²) in [5, 5.41) is 7.83. The number of rotatable bonds is 7. The lowest BCUT2D eigenvalue weighted by atomic mass is 10.1. The topological polar surface area (TPSA) is 39.1 Å². The fourth-order valence-corrected chi connectivity index (χ4v) is 2.50. The smallest absolute Gasteiger partial charge is 0.216 e. The van der Waals surface area contributed by atoms with Gasteiger partial charge < -0.3 is 10.1 Å². The predicted octanol–water partition coefficient (Wildman–Crippen LogP) is 3.69. The second-order valence-electron chi connectivity index (χ2n) is 5.35. The van der Waals surface area contributed by atoms with Gasteiger partial charge in [0.05, 0.1) is 18.4 Å². The standard InChI is InChI=1S/C17H25N3O/c1-5-6-7-14-8-10-15(11-9-14)18-12-16-13(2)19-20(3)17(16)21-4/h8-11,18H,5-7,12H2,1-4H3. The number of aromatic nitrogens is 2. The third-order valence-corrected chi connectivity index (χ3v) is 3.72. The first-order valence-electron chi connectivity index (χ1n) is 7.55. The lowest BCUT2D eigenvalue weighted by Crippen LogP contribution is -2.03. The van der Waals surface area contributed by atoms with Gasteiger partial charge in [-0.25, -0.2) is 4.68 Å². The highest BCUT2D eigenvalue weighted by molar-refractivity contribution is 5.46. The van der Waals surface area contributed by atoms with Crippen molar-refractivity contribution >= 4 is 5.69 Å². The maximum absolute atomic E-state index is 5.41. The zero-order valence-electron chi connectivity index (χ0n) is 13.4. The average molecular weight is 287 g/mol. The molecule has 1 N–H and O–H groups in total. The van der Waals surface area contributed by atoms with Crippen LogP contribution in [-0.4, -0.2) is 16.9 Å². The molecule has 4 nitrogen and oxygen atoms in total. The number of ether oxygens (including phenoxy) is 1. The molecule has 0 saturated carbocycles. The van der Waals surface area contributed by atoms with E-state index in [0.717, 1.165) is 35.8 Å². The first kappa shape index (κ1) is 15.4. The molecule has 2 aromatic rings. The zero-order chi connectivity index (χ0) is 15.2. The normalized spacial score (nSPS) is 10.7. The molecule has 0 saturated heterocycles. The van der Waals surface area contributed by atoms with Crippen LogP contribution in [0.25, 0.3) is 0 Å². The van der Waals surface area contributed by atoms with E-state index in [4.69, 9.17) is 4.74 Å². The van der Waals surface area contributed by atoms with Crippen molar-refractivity contribution in [3.63, 3.8) is 0 Å². The second kappa shape index (κ2) is 7.16. The highest BCUT2D eigenvalue weighted by Gasteiger charge is 2.13. The van der Waals surface area contributed by atoms with E-state index in [2.05, 4.69) is 41.6 Å². The van der Waals surface area contributed by atoms with Crippen LogP contribution in [0.5, 0.6) is 5.88 Å². The summed E-state index contributed by atoms with van der Waals surface area (Å²) in [5.74, 6) is 0.819. The Morgan fingerprint density at radius 2 is 1.95 bits per heavy atom. The molecule has 0 aliphatic rings. The molecule has 0 amide bonds. The van der Waals surface area contributed by atoms with Crippen LogP contribution in [0.15, 0.2) is 24.3 Å². The summed E-state index contributed by atoms with van der Waals surface area (Å²) in [7, 11) is 3.58. The van der Waals surface area contributed by atoms with E-state index < -0.39 is 0 Å². The van der Waals surface area contributed by atoms with Gasteiger partial charge in [0.2, 0.25) is 5.88 Å². The molecule has 0 fully saturated rings. The van der Waals surface area contributed by atoms with Crippen LogP contribution in [0.1, 0.15) is 36.6 Å². The third kappa shape index (κ3) is 3.78. The van der Waals surface area contributed by atoms with Crippen molar-refractivity contribution in [2.75, 3.05) is 12.4 Å². The lowest BCUT2D eigenvalue weighted by molar-refractivity contribution is 0.370. The van der Waals surface area contributed by atoms with Crippen molar-refractivity contribution in [2.24, 2.45) is 7.05 Å². The van der Waals surface area contributed by atoms with Gasteiger partial charge in [-0.3, -0.25) is 0 Å². The minimum Gasteiger partial charge on any atom is -0.481 e. The Hall–Kier alpha value is -1.97. The van der Waals surface area contributed by atoms with Crippen molar-refractivity contribution in [3.05, 3.63) is 41.1 Å². The molecule has 4 heteroatoms. The Bertz CT molecular complexity index is 572. The molecule has 2 rings (SSSR count). The summed E-state index contributed by atoms with van der Waals surface area (Å²) < 4.78 is 7.19. The maximum Gasteiger partial charge on any atom is 0.216 e. The third-order valence-electron chi connectivity index (χ3n) is 3.72. The molecule has 0 aliphatic carbocycles. The van der Waals surface area contributed by atoms with Crippen molar-refractivity contribution in [1.29, 1.82) is 0 Å². The van der Waals surface area contributed by atoms with Gasteiger partial charge in [0, 0.05) is 19.3 Å². The minimum atomic E-state index is 0.719. The Morgan fingerprint density at radius 3 is 2.57 bits per heavy atom. The number of hydrogen-bond acceptors (Lipinski definition) is 3. The largest absolute Gasteiger partial charge is 0.481 e. The van der Waals surface area contributed by atoms with E-state index in [0.29, 0.717) is 0 Å². The van der Waals surface area contributed by atoms with Gasteiger partial charge in [-0.2, -0.15) is 5.10 Å². The summed E-state index contributed by atoms with van der Waals surface area (Å²) >= 11 is 0. The fraction of sp³-hybridized carbons (Fsp3) is 0.471. The van der Waals surface area contributed by atoms with Crippen LogP contribution >= 0.6 is 0 Å². The molecule has 0 aliphatic heterocycles. The molecule has 21 heavy (non-hydrogen) atoms. The van der Waals surface area contributed by atoms with Gasteiger partial charge in [0.25, 0.3) is 0 Å². The number of methoxy groups -OCH3 is 1. The number of nitrogens with zero attached hydrogens (tertiary/aromatic N) is 2. The molecule has 0 atom stereocenters. The van der Waals surface area contributed by atoms with Crippen LogP contribution < -0.4 is 10.1 Å². The van der Waals surface area contributed by atoms with Crippen LogP contribution in [-0.2, 0) is 20.0 Å². The highest BCUT2D eigenvalue weighted by Crippen LogP contribution is 2.22. The van der Waals surface area contributed by atoms with Gasteiger partial charge in [-0.1, -0.05) is 25.5 Å². The van der Waals surface area contributed by atoms with Gasteiger partial charge in [-0.05, 0) is 37.5 Å². The number of anilines is 1. The lowest BCUT2D eigenvalue weighted by Gasteiger charge is -2.09. The van der Waals surface area contributed by atoms with Gasteiger partial charge in [-0.15, -0.1) is 0 Å². The number of unbranched alkanes of at least 4 members (excludes halogenated alkanes) is 1. The van der Waals surface area contributed by atoms with Gasteiger partial charge in [0.1, 0.15) is 0 Å². The van der Waals surface area contributed by atoms with Gasteiger partial charge >= 0.3 is 0 Å². The SMILES string of the molecule is CCCCc1ccc(NCc2c(C)nn(C)c2OC)cc1. The van der Waals surface area contributed by atoms with Crippen molar-refractivity contribution < 1.29 is 4.74 Å². The van der Waals surface area contributed by atoms with Crippen LogP contribution in [0, 0.1) is 6.92 Å². The van der Waals surface area contributed by atoms with Crippen molar-refractivity contribution in [3.8, 4) is 5.88 Å². The monoisotopic (exact) mass is 287 g/mol. The van der Waals surface area contributed by atoms with E-state index in [1.54, 1.807) is 11.8 Å². The average Bonchev–Trinajstić information content (AvgIpc) is 2.77. The minimum absolute atomic E-state index is 0.719. The summed E-state index contributed by atoms with van der Waals surface area (Å²) in [6.45, 7) is 4.95. The Balaban J connectivity index is 2.00. The summed E-state index contributed by atoms with van der Waals surface area (Å²) in [5.41, 5.74) is 4.63. The number of benzene rings is 1. The quantitative estimate of drug-likeness (QED) is 0.844. The number of nitrogens with one attached hydrogen (secondary N) is 1. The number of hydrogen-bond donors (Lipinski definition) is 1.